The lowest BCUT2D eigenvalue weighted by Crippen LogP contribution is -2.29. The van der Waals surface area contributed by atoms with Gasteiger partial charge in [0.2, 0.25) is 15.0 Å². The van der Waals surface area contributed by atoms with E-state index >= 15 is 0 Å². The molecule has 24 heavy (non-hydrogen) atoms. The Labute approximate surface area is 145 Å². The van der Waals surface area contributed by atoms with Crippen molar-refractivity contribution >= 4 is 9.84 Å². The van der Waals surface area contributed by atoms with Crippen molar-refractivity contribution < 1.29 is 13.2 Å². The Balaban J connectivity index is 1.79. The Morgan fingerprint density at radius 2 is 1.88 bits per heavy atom. The maximum atomic E-state index is 12.1. The zero-order valence-electron chi connectivity index (χ0n) is 14.6. The molecule has 2 fully saturated rings. The molecule has 3 rings (SSSR count). The van der Waals surface area contributed by atoms with Gasteiger partial charge in [-0.05, 0) is 38.8 Å². The molecule has 7 heteroatoms. The molecule has 1 atom stereocenters. The van der Waals surface area contributed by atoms with Gasteiger partial charge in [0.25, 0.3) is 0 Å². The lowest BCUT2D eigenvalue weighted by Gasteiger charge is -2.25. The molecule has 0 N–H and O–H groups in total. The molecule has 0 aliphatic carbocycles. The molecule has 0 aromatic carbocycles. The van der Waals surface area contributed by atoms with Gasteiger partial charge in [-0.2, -0.15) is 0 Å². The molecule has 2 aliphatic heterocycles. The van der Waals surface area contributed by atoms with E-state index in [1.54, 1.807) is 6.20 Å². The number of hydrogen-bond donors (Lipinski definition) is 0. The van der Waals surface area contributed by atoms with E-state index in [1.165, 1.54) is 38.4 Å². The predicted octanol–water partition coefficient (Wildman–Crippen LogP) is 2.23. The van der Waals surface area contributed by atoms with Gasteiger partial charge >= 0.3 is 0 Å². The number of hydrogen-bond acceptors (Lipinski definition) is 5. The number of imidazole rings is 1. The molecule has 0 amide bonds. The minimum atomic E-state index is -3.33. The fourth-order valence-electron chi connectivity index (χ4n) is 3.70. The molecule has 2 saturated heterocycles. The summed E-state index contributed by atoms with van der Waals surface area (Å²) in [4.78, 5) is 6.67. The molecule has 136 valence electrons. The largest absolute Gasteiger partial charge is 0.376 e. The van der Waals surface area contributed by atoms with Crippen LogP contribution in [0.1, 0.15) is 50.6 Å². The zero-order chi connectivity index (χ0) is 17.0. The third kappa shape index (κ3) is 4.58. The molecule has 0 saturated carbocycles. The van der Waals surface area contributed by atoms with Crippen LogP contribution in [0, 0.1) is 0 Å². The second-order valence-electron chi connectivity index (χ2n) is 7.09. The Kier molecular flexibility index (Phi) is 5.94. The Morgan fingerprint density at radius 3 is 2.50 bits per heavy atom. The van der Waals surface area contributed by atoms with E-state index in [0.29, 0.717) is 6.54 Å². The van der Waals surface area contributed by atoms with Crippen molar-refractivity contribution in [3.63, 3.8) is 0 Å². The first-order valence-electron chi connectivity index (χ1n) is 9.12. The van der Waals surface area contributed by atoms with Crippen LogP contribution < -0.4 is 0 Å². The lowest BCUT2D eigenvalue weighted by atomic mass is 10.1. The van der Waals surface area contributed by atoms with Crippen LogP contribution in [0.15, 0.2) is 11.4 Å². The molecule has 1 unspecified atom stereocenters. The van der Waals surface area contributed by atoms with Crippen molar-refractivity contribution in [3.05, 3.63) is 11.9 Å². The Hall–Kier alpha value is -0.920. The van der Waals surface area contributed by atoms with Crippen molar-refractivity contribution in [2.75, 3.05) is 26.0 Å². The minimum Gasteiger partial charge on any atom is -0.376 e. The van der Waals surface area contributed by atoms with Crippen LogP contribution >= 0.6 is 0 Å². The van der Waals surface area contributed by atoms with Gasteiger partial charge in [-0.1, -0.05) is 19.3 Å². The molecule has 1 aromatic heterocycles. The molecular weight excluding hydrogens is 326 g/mol. The van der Waals surface area contributed by atoms with Crippen molar-refractivity contribution in [3.8, 4) is 0 Å². The normalized spacial score (nSPS) is 24.0. The van der Waals surface area contributed by atoms with E-state index in [9.17, 15) is 8.42 Å². The second kappa shape index (κ2) is 7.97. The Bertz CT molecular complexity index is 628. The smallest absolute Gasteiger partial charge is 0.227 e. The SMILES string of the molecule is CS(=O)(=O)c1ncc(CN2CCCCCCC2)n1CC1CCCO1. The summed E-state index contributed by atoms with van der Waals surface area (Å²) >= 11 is 0. The fraction of sp³-hybridized carbons (Fsp3) is 0.824. The summed E-state index contributed by atoms with van der Waals surface area (Å²) in [6.07, 6.45) is 11.5. The number of likely N-dealkylation sites (tertiary alicyclic amines) is 1. The van der Waals surface area contributed by atoms with Crippen molar-refractivity contribution in [2.45, 2.75) is 69.3 Å². The van der Waals surface area contributed by atoms with Crippen molar-refractivity contribution in [1.82, 2.24) is 14.5 Å². The maximum absolute atomic E-state index is 12.1. The molecular formula is C17H29N3O3S. The first-order valence-corrected chi connectivity index (χ1v) is 11.0. The third-order valence-electron chi connectivity index (χ3n) is 4.98. The van der Waals surface area contributed by atoms with Crippen LogP contribution in [0.2, 0.25) is 0 Å². The summed E-state index contributed by atoms with van der Waals surface area (Å²) in [7, 11) is -3.33. The van der Waals surface area contributed by atoms with E-state index in [1.807, 2.05) is 4.57 Å². The molecule has 0 bridgehead atoms. The summed E-state index contributed by atoms with van der Waals surface area (Å²) in [6.45, 7) is 4.30. The maximum Gasteiger partial charge on any atom is 0.227 e. The monoisotopic (exact) mass is 355 g/mol. The summed E-state index contributed by atoms with van der Waals surface area (Å²) in [5.41, 5.74) is 0.992. The summed E-state index contributed by atoms with van der Waals surface area (Å²) < 4.78 is 31.8. The van der Waals surface area contributed by atoms with Crippen LogP contribution in [-0.2, 0) is 27.7 Å². The quantitative estimate of drug-likeness (QED) is 0.810. The third-order valence-corrected chi connectivity index (χ3v) is 5.97. The van der Waals surface area contributed by atoms with Gasteiger partial charge in [-0.3, -0.25) is 4.90 Å². The average Bonchev–Trinajstić information content (AvgIpc) is 3.12. The highest BCUT2D eigenvalue weighted by atomic mass is 32.2. The molecule has 0 radical (unpaired) electrons. The zero-order valence-corrected chi connectivity index (χ0v) is 15.4. The standard InChI is InChI=1S/C17H29N3O3S/c1-24(21,22)17-18-12-15(20(17)14-16-8-7-11-23-16)13-19-9-5-3-2-4-6-10-19/h12,16H,2-11,13-14H2,1H3. The average molecular weight is 356 g/mol. The van der Waals surface area contributed by atoms with Gasteiger partial charge in [0.15, 0.2) is 0 Å². The highest BCUT2D eigenvalue weighted by Crippen LogP contribution is 2.21. The summed E-state index contributed by atoms with van der Waals surface area (Å²) in [5.74, 6) is 0. The number of sulfone groups is 1. The van der Waals surface area contributed by atoms with Crippen LogP contribution in [-0.4, -0.2) is 54.9 Å². The van der Waals surface area contributed by atoms with Crippen LogP contribution in [0.25, 0.3) is 0 Å². The first-order chi connectivity index (χ1) is 11.5. The van der Waals surface area contributed by atoms with Crippen LogP contribution in [0.5, 0.6) is 0 Å². The van der Waals surface area contributed by atoms with E-state index in [0.717, 1.165) is 44.8 Å². The summed E-state index contributed by atoms with van der Waals surface area (Å²) in [5, 5.41) is 0.181. The van der Waals surface area contributed by atoms with E-state index in [-0.39, 0.29) is 11.3 Å². The highest BCUT2D eigenvalue weighted by molar-refractivity contribution is 7.90. The predicted molar refractivity (Wildman–Crippen MR) is 92.7 cm³/mol. The molecule has 1 aromatic rings. The lowest BCUT2D eigenvalue weighted by molar-refractivity contribution is 0.0931. The van der Waals surface area contributed by atoms with Gasteiger partial charge < -0.3 is 9.30 Å². The summed E-state index contributed by atoms with van der Waals surface area (Å²) in [6, 6.07) is 0. The highest BCUT2D eigenvalue weighted by Gasteiger charge is 2.24. The van der Waals surface area contributed by atoms with Gasteiger partial charge in [-0.25, -0.2) is 13.4 Å². The van der Waals surface area contributed by atoms with E-state index < -0.39 is 9.84 Å². The van der Waals surface area contributed by atoms with E-state index in [4.69, 9.17) is 4.74 Å². The molecule has 0 spiro atoms. The van der Waals surface area contributed by atoms with Crippen LogP contribution in [0.4, 0.5) is 0 Å². The Morgan fingerprint density at radius 1 is 1.17 bits per heavy atom. The number of rotatable bonds is 5. The van der Waals surface area contributed by atoms with Crippen molar-refractivity contribution in [2.24, 2.45) is 0 Å². The van der Waals surface area contributed by atoms with Crippen molar-refractivity contribution in [1.29, 1.82) is 0 Å². The molecule has 3 heterocycles. The molecule has 6 nitrogen and oxygen atoms in total. The van der Waals surface area contributed by atoms with Crippen LogP contribution in [0.3, 0.4) is 0 Å². The van der Waals surface area contributed by atoms with Gasteiger partial charge in [0.1, 0.15) is 0 Å². The number of ether oxygens (including phenoxy) is 1. The number of aromatic nitrogens is 2. The van der Waals surface area contributed by atoms with Gasteiger partial charge in [0.05, 0.1) is 24.5 Å². The minimum absolute atomic E-state index is 0.103. The number of nitrogens with zero attached hydrogens (tertiary/aromatic N) is 3. The second-order valence-corrected chi connectivity index (χ2v) is 9.00. The molecule has 2 aliphatic rings. The topological polar surface area (TPSA) is 64.4 Å². The van der Waals surface area contributed by atoms with Gasteiger partial charge in [0, 0.05) is 19.4 Å². The first kappa shape index (κ1) is 17.9. The van der Waals surface area contributed by atoms with E-state index in [2.05, 4.69) is 9.88 Å². The fourth-order valence-corrected chi connectivity index (χ4v) is 4.54. The van der Waals surface area contributed by atoms with Gasteiger partial charge in [-0.15, -0.1) is 0 Å².